The van der Waals surface area contributed by atoms with Crippen molar-refractivity contribution in [3.05, 3.63) is 27.2 Å². The van der Waals surface area contributed by atoms with E-state index in [2.05, 4.69) is 4.98 Å². The first-order chi connectivity index (χ1) is 10.0. The predicted molar refractivity (Wildman–Crippen MR) is 84.1 cm³/mol. The van der Waals surface area contributed by atoms with E-state index in [1.165, 1.54) is 11.6 Å². The highest BCUT2D eigenvalue weighted by molar-refractivity contribution is 8.11. The van der Waals surface area contributed by atoms with Gasteiger partial charge in [0.15, 0.2) is 11.2 Å². The molecule has 0 saturated carbocycles. The lowest BCUT2D eigenvalue weighted by Crippen LogP contribution is -2.38. The van der Waals surface area contributed by atoms with Gasteiger partial charge in [0.05, 0.1) is 10.9 Å². The maximum absolute atomic E-state index is 12.3. The fourth-order valence-electron chi connectivity index (χ4n) is 2.46. The van der Waals surface area contributed by atoms with Crippen molar-refractivity contribution >= 4 is 33.7 Å². The zero-order valence-corrected chi connectivity index (χ0v) is 13.4. The van der Waals surface area contributed by atoms with Crippen LogP contribution in [0.1, 0.15) is 6.42 Å². The number of fused-ring (bicyclic) bond motifs is 1. The van der Waals surface area contributed by atoms with Crippen molar-refractivity contribution in [3.8, 4) is 0 Å². The summed E-state index contributed by atoms with van der Waals surface area (Å²) in [7, 11) is 2.16. The Kier molecular flexibility index (Phi) is 3.78. The number of hydrogen-bond acceptors (Lipinski definition) is 5. The van der Waals surface area contributed by atoms with E-state index < -0.39 is 16.5 Å². The maximum Gasteiger partial charge on any atom is 0.332 e. The summed E-state index contributed by atoms with van der Waals surface area (Å²) in [5.41, 5.74) is 0.00280. The molecule has 1 fully saturated rings. The standard InChI is InChI=1S/C12H16N4O3S2/c1-14-10-9(11(17)15(2)12(14)18)16(7-13-10)6-8-20-4-3-5-21(8)19/h7-8H,3-6H2,1-2H3. The first kappa shape index (κ1) is 14.6. The molecule has 21 heavy (non-hydrogen) atoms. The molecular weight excluding hydrogens is 312 g/mol. The number of rotatable bonds is 2. The van der Waals surface area contributed by atoms with Crippen molar-refractivity contribution in [2.75, 3.05) is 11.5 Å². The van der Waals surface area contributed by atoms with Crippen LogP contribution in [0.2, 0.25) is 0 Å². The van der Waals surface area contributed by atoms with Crippen LogP contribution in [0.15, 0.2) is 15.9 Å². The fourth-order valence-corrected chi connectivity index (χ4v) is 5.68. The Hall–Kier alpha value is -1.35. The largest absolute Gasteiger partial charge is 0.332 e. The smallest absolute Gasteiger partial charge is 0.323 e. The summed E-state index contributed by atoms with van der Waals surface area (Å²) < 4.78 is 16.2. The van der Waals surface area contributed by atoms with Gasteiger partial charge in [0.1, 0.15) is 0 Å². The summed E-state index contributed by atoms with van der Waals surface area (Å²) in [6.07, 6.45) is 2.52. The molecule has 1 saturated heterocycles. The highest BCUT2D eigenvalue weighted by Gasteiger charge is 2.24. The van der Waals surface area contributed by atoms with Gasteiger partial charge in [-0.1, -0.05) is 0 Å². The van der Waals surface area contributed by atoms with E-state index in [1.807, 2.05) is 0 Å². The van der Waals surface area contributed by atoms with Gasteiger partial charge in [-0.25, -0.2) is 9.78 Å². The Labute approximate surface area is 127 Å². The summed E-state index contributed by atoms with van der Waals surface area (Å²) in [5.74, 6) is 1.69. The van der Waals surface area contributed by atoms with Crippen molar-refractivity contribution in [2.24, 2.45) is 14.1 Å². The molecule has 0 radical (unpaired) electrons. The minimum atomic E-state index is -0.890. The molecule has 0 bridgehead atoms. The fraction of sp³-hybridized carbons (Fsp3) is 0.583. The first-order valence-electron chi connectivity index (χ1n) is 6.60. The van der Waals surface area contributed by atoms with Crippen LogP contribution in [-0.2, 0) is 31.4 Å². The molecule has 0 amide bonds. The Morgan fingerprint density at radius 2 is 2.14 bits per heavy atom. The van der Waals surface area contributed by atoms with Crippen LogP contribution in [-0.4, -0.2) is 39.0 Å². The molecule has 9 heteroatoms. The van der Waals surface area contributed by atoms with E-state index in [1.54, 1.807) is 29.7 Å². The summed E-state index contributed by atoms with van der Waals surface area (Å²) in [4.78, 5) is 28.4. The van der Waals surface area contributed by atoms with Crippen LogP contribution < -0.4 is 11.2 Å². The predicted octanol–water partition coefficient (Wildman–Crippen LogP) is -0.355. The molecule has 1 aliphatic heterocycles. The quantitative estimate of drug-likeness (QED) is 0.753. The lowest BCUT2D eigenvalue weighted by molar-refractivity contribution is 0.664. The molecule has 114 valence electrons. The molecule has 0 spiro atoms. The van der Waals surface area contributed by atoms with Crippen LogP contribution in [0.5, 0.6) is 0 Å². The maximum atomic E-state index is 12.3. The third-order valence-corrected chi connectivity index (χ3v) is 7.17. The lowest BCUT2D eigenvalue weighted by Gasteiger charge is -2.21. The third kappa shape index (κ3) is 2.38. The van der Waals surface area contributed by atoms with Crippen molar-refractivity contribution in [3.63, 3.8) is 0 Å². The number of nitrogens with zero attached hydrogens (tertiary/aromatic N) is 4. The van der Waals surface area contributed by atoms with Crippen LogP contribution in [0.25, 0.3) is 11.2 Å². The average molecular weight is 328 g/mol. The van der Waals surface area contributed by atoms with Gasteiger partial charge in [0.25, 0.3) is 5.56 Å². The molecule has 1 aliphatic rings. The lowest BCUT2D eigenvalue weighted by atomic mass is 10.5. The van der Waals surface area contributed by atoms with E-state index in [4.69, 9.17) is 0 Å². The van der Waals surface area contributed by atoms with Gasteiger partial charge in [-0.3, -0.25) is 18.1 Å². The Morgan fingerprint density at radius 3 is 2.86 bits per heavy atom. The number of aryl methyl sites for hydroxylation is 1. The zero-order chi connectivity index (χ0) is 15.1. The van der Waals surface area contributed by atoms with Crippen LogP contribution in [0.3, 0.4) is 0 Å². The summed E-state index contributed by atoms with van der Waals surface area (Å²) >= 11 is 1.67. The Balaban J connectivity index is 2.10. The minimum absolute atomic E-state index is 0.0295. The van der Waals surface area contributed by atoms with Crippen molar-refractivity contribution in [2.45, 2.75) is 17.5 Å². The number of thioether (sulfide) groups is 1. The number of aromatic nitrogens is 4. The molecular formula is C12H16N4O3S2. The van der Waals surface area contributed by atoms with E-state index in [0.29, 0.717) is 23.5 Å². The van der Waals surface area contributed by atoms with Gasteiger partial charge in [-0.15, -0.1) is 11.8 Å². The molecule has 2 aromatic rings. The Morgan fingerprint density at radius 1 is 1.38 bits per heavy atom. The molecule has 2 unspecified atom stereocenters. The average Bonchev–Trinajstić information content (AvgIpc) is 2.89. The van der Waals surface area contributed by atoms with E-state index in [9.17, 15) is 13.8 Å². The number of hydrogen-bond donors (Lipinski definition) is 0. The van der Waals surface area contributed by atoms with E-state index >= 15 is 0 Å². The van der Waals surface area contributed by atoms with Gasteiger partial charge >= 0.3 is 5.69 Å². The van der Waals surface area contributed by atoms with E-state index in [0.717, 1.165) is 16.7 Å². The highest BCUT2D eigenvalue weighted by Crippen LogP contribution is 2.24. The van der Waals surface area contributed by atoms with Gasteiger partial charge < -0.3 is 4.57 Å². The normalized spacial score (nSPS) is 22.8. The van der Waals surface area contributed by atoms with Crippen LogP contribution >= 0.6 is 11.8 Å². The van der Waals surface area contributed by atoms with Gasteiger partial charge in [0.2, 0.25) is 0 Å². The number of imidazole rings is 1. The third-order valence-electron chi connectivity index (χ3n) is 3.65. The second kappa shape index (κ2) is 5.45. The molecule has 0 aliphatic carbocycles. The molecule has 0 aromatic carbocycles. The second-order valence-electron chi connectivity index (χ2n) is 5.01. The Bertz CT molecular complexity index is 835. The zero-order valence-electron chi connectivity index (χ0n) is 11.8. The van der Waals surface area contributed by atoms with Crippen LogP contribution in [0.4, 0.5) is 0 Å². The minimum Gasteiger partial charge on any atom is -0.323 e. The van der Waals surface area contributed by atoms with Crippen LogP contribution in [0, 0.1) is 0 Å². The van der Waals surface area contributed by atoms with Crippen molar-refractivity contribution in [1.29, 1.82) is 0 Å². The molecule has 7 nitrogen and oxygen atoms in total. The molecule has 3 heterocycles. The second-order valence-corrected chi connectivity index (χ2v) is 8.36. The summed E-state index contributed by atoms with van der Waals surface area (Å²) in [5, 5.41) is 0. The van der Waals surface area contributed by atoms with Gasteiger partial charge in [0, 0.05) is 37.2 Å². The van der Waals surface area contributed by atoms with Crippen molar-refractivity contribution < 1.29 is 4.21 Å². The molecule has 0 N–H and O–H groups in total. The molecule has 3 rings (SSSR count). The van der Waals surface area contributed by atoms with Gasteiger partial charge in [-0.05, 0) is 12.2 Å². The monoisotopic (exact) mass is 328 g/mol. The summed E-state index contributed by atoms with van der Waals surface area (Å²) in [6.45, 7) is 0.473. The highest BCUT2D eigenvalue weighted by atomic mass is 32.2. The topological polar surface area (TPSA) is 78.9 Å². The SMILES string of the molecule is Cn1c(=O)c2c(ncn2CC2SCCCS2=O)n(C)c1=O. The molecule has 2 aromatic heterocycles. The molecule has 2 atom stereocenters. The van der Waals surface area contributed by atoms with Crippen molar-refractivity contribution in [1.82, 2.24) is 18.7 Å². The van der Waals surface area contributed by atoms with E-state index in [-0.39, 0.29) is 10.1 Å². The summed E-state index contributed by atoms with van der Waals surface area (Å²) in [6, 6.07) is 0. The van der Waals surface area contributed by atoms with Gasteiger partial charge in [-0.2, -0.15) is 0 Å². The first-order valence-corrected chi connectivity index (χ1v) is 9.03.